The Bertz CT molecular complexity index is 574. The molecule has 2 aromatic rings. The van der Waals surface area contributed by atoms with Crippen LogP contribution in [0.4, 0.5) is 5.13 Å². The number of anilines is 1. The van der Waals surface area contributed by atoms with E-state index in [0.29, 0.717) is 18.2 Å². The van der Waals surface area contributed by atoms with Gasteiger partial charge < -0.3 is 10.2 Å². The average molecular weight is 303 g/mol. The van der Waals surface area contributed by atoms with Gasteiger partial charge in [0.15, 0.2) is 5.13 Å². The van der Waals surface area contributed by atoms with Crippen molar-refractivity contribution in [3.63, 3.8) is 0 Å². The molecule has 1 aliphatic heterocycles. The van der Waals surface area contributed by atoms with Crippen LogP contribution in [0.15, 0.2) is 30.2 Å². The summed E-state index contributed by atoms with van der Waals surface area (Å²) in [7, 11) is 0. The Kier molecular flexibility index (Phi) is 4.40. The van der Waals surface area contributed by atoms with Gasteiger partial charge in [0.05, 0.1) is 6.20 Å². The van der Waals surface area contributed by atoms with Gasteiger partial charge in [-0.2, -0.15) is 0 Å². The zero-order valence-corrected chi connectivity index (χ0v) is 12.4. The summed E-state index contributed by atoms with van der Waals surface area (Å²) < 4.78 is 0. The smallest absolute Gasteiger partial charge is 0.271 e. The van der Waals surface area contributed by atoms with Crippen molar-refractivity contribution in [1.82, 2.24) is 20.3 Å². The second-order valence-electron chi connectivity index (χ2n) is 5.07. The first-order chi connectivity index (χ1) is 10.3. The van der Waals surface area contributed by atoms with Crippen molar-refractivity contribution in [2.45, 2.75) is 12.8 Å². The average Bonchev–Trinajstić information content (AvgIpc) is 3.08. The molecule has 0 bridgehead atoms. The van der Waals surface area contributed by atoms with Gasteiger partial charge in [-0.1, -0.05) is 0 Å². The lowest BCUT2D eigenvalue weighted by Gasteiger charge is -2.32. The first-order valence-electron chi connectivity index (χ1n) is 7.01. The minimum Gasteiger partial charge on any atom is -0.350 e. The summed E-state index contributed by atoms with van der Waals surface area (Å²) >= 11 is 1.66. The van der Waals surface area contributed by atoms with E-state index >= 15 is 0 Å². The van der Waals surface area contributed by atoms with Crippen molar-refractivity contribution in [3.8, 4) is 0 Å². The highest BCUT2D eigenvalue weighted by Crippen LogP contribution is 2.24. The molecule has 1 aliphatic rings. The molecule has 0 aliphatic carbocycles. The minimum absolute atomic E-state index is 0.158. The molecule has 0 spiro atoms. The number of hydrogen-bond acceptors (Lipinski definition) is 6. The first-order valence-corrected chi connectivity index (χ1v) is 7.89. The van der Waals surface area contributed by atoms with E-state index < -0.39 is 0 Å². The standard InChI is InChI=1S/C14H17N5OS/c20-13(12-9-15-3-4-16-12)18-8-11-2-1-6-19(10-11)14-17-5-7-21-14/h3-5,7,9,11H,1-2,6,8,10H2,(H,18,20). The number of piperidine rings is 1. The number of amides is 1. The largest absolute Gasteiger partial charge is 0.350 e. The minimum atomic E-state index is -0.158. The van der Waals surface area contributed by atoms with Crippen LogP contribution in [-0.2, 0) is 0 Å². The molecule has 0 saturated carbocycles. The quantitative estimate of drug-likeness (QED) is 0.928. The number of carbonyl (C=O) groups is 1. The molecule has 1 saturated heterocycles. The van der Waals surface area contributed by atoms with Gasteiger partial charge in [0.2, 0.25) is 0 Å². The summed E-state index contributed by atoms with van der Waals surface area (Å²) in [5.74, 6) is 0.290. The number of thiazole rings is 1. The Labute approximate surface area is 127 Å². The number of nitrogens with zero attached hydrogens (tertiary/aromatic N) is 4. The molecule has 6 nitrogen and oxygen atoms in total. The lowest BCUT2D eigenvalue weighted by atomic mass is 9.98. The molecule has 1 amide bonds. The SMILES string of the molecule is O=C(NCC1CCCN(c2nccs2)C1)c1cnccn1. The number of hydrogen-bond donors (Lipinski definition) is 1. The van der Waals surface area contributed by atoms with Gasteiger partial charge in [0, 0.05) is 43.6 Å². The normalized spacial score (nSPS) is 18.5. The van der Waals surface area contributed by atoms with Crippen LogP contribution < -0.4 is 10.2 Å². The molecule has 0 aromatic carbocycles. The Morgan fingerprint density at radius 1 is 1.38 bits per heavy atom. The number of rotatable bonds is 4. The van der Waals surface area contributed by atoms with E-state index in [1.165, 1.54) is 12.4 Å². The van der Waals surface area contributed by atoms with Crippen LogP contribution in [0.3, 0.4) is 0 Å². The first kappa shape index (κ1) is 13.9. The third kappa shape index (κ3) is 3.55. The number of carbonyl (C=O) groups excluding carboxylic acids is 1. The second-order valence-corrected chi connectivity index (χ2v) is 5.94. The molecule has 3 heterocycles. The van der Waals surface area contributed by atoms with E-state index in [1.54, 1.807) is 17.5 Å². The van der Waals surface area contributed by atoms with Crippen LogP contribution in [0, 0.1) is 5.92 Å². The van der Waals surface area contributed by atoms with Crippen molar-refractivity contribution in [2.24, 2.45) is 5.92 Å². The number of aromatic nitrogens is 3. The van der Waals surface area contributed by atoms with Crippen molar-refractivity contribution in [3.05, 3.63) is 35.9 Å². The van der Waals surface area contributed by atoms with Crippen LogP contribution >= 0.6 is 11.3 Å². The van der Waals surface area contributed by atoms with Gasteiger partial charge in [-0.15, -0.1) is 11.3 Å². The monoisotopic (exact) mass is 303 g/mol. The van der Waals surface area contributed by atoms with E-state index in [4.69, 9.17) is 0 Å². The summed E-state index contributed by atoms with van der Waals surface area (Å²) in [6.07, 6.45) is 8.66. The van der Waals surface area contributed by atoms with Gasteiger partial charge in [0.25, 0.3) is 5.91 Å². The van der Waals surface area contributed by atoms with E-state index in [-0.39, 0.29) is 5.91 Å². The Balaban J connectivity index is 1.52. The zero-order chi connectivity index (χ0) is 14.5. The fraction of sp³-hybridized carbons (Fsp3) is 0.429. The summed E-state index contributed by atoms with van der Waals surface area (Å²) in [5.41, 5.74) is 0.366. The molecule has 1 fully saturated rings. The number of nitrogens with one attached hydrogen (secondary N) is 1. The zero-order valence-electron chi connectivity index (χ0n) is 11.6. The summed E-state index contributed by atoms with van der Waals surface area (Å²) in [4.78, 5) is 26.5. The maximum atomic E-state index is 12.0. The van der Waals surface area contributed by atoms with Gasteiger partial charge in [-0.3, -0.25) is 9.78 Å². The molecule has 1 unspecified atom stereocenters. The second kappa shape index (κ2) is 6.62. The van der Waals surface area contributed by atoms with E-state index in [2.05, 4.69) is 25.2 Å². The summed E-state index contributed by atoms with van der Waals surface area (Å²) in [6, 6.07) is 0. The predicted molar refractivity (Wildman–Crippen MR) is 81.4 cm³/mol. The highest BCUT2D eigenvalue weighted by Gasteiger charge is 2.22. The topological polar surface area (TPSA) is 71.0 Å². The van der Waals surface area contributed by atoms with Crippen LogP contribution in [0.25, 0.3) is 0 Å². The molecule has 7 heteroatoms. The van der Waals surface area contributed by atoms with E-state index in [9.17, 15) is 4.79 Å². The molecule has 1 atom stereocenters. The van der Waals surface area contributed by atoms with Crippen LogP contribution in [-0.4, -0.2) is 40.5 Å². The van der Waals surface area contributed by atoms with Crippen LogP contribution in [0.5, 0.6) is 0 Å². The molecular weight excluding hydrogens is 286 g/mol. The Hall–Kier alpha value is -2.02. The van der Waals surface area contributed by atoms with Gasteiger partial charge in [-0.05, 0) is 18.8 Å². The molecule has 3 rings (SSSR count). The van der Waals surface area contributed by atoms with Crippen molar-refractivity contribution in [2.75, 3.05) is 24.5 Å². The third-order valence-electron chi connectivity index (χ3n) is 3.56. The molecule has 110 valence electrons. The maximum absolute atomic E-state index is 12.0. The van der Waals surface area contributed by atoms with Gasteiger partial charge in [0.1, 0.15) is 5.69 Å². The summed E-state index contributed by atoms with van der Waals surface area (Å²) in [5, 5.41) is 6.01. The fourth-order valence-corrected chi connectivity index (χ4v) is 3.20. The lowest BCUT2D eigenvalue weighted by Crippen LogP contribution is -2.41. The summed E-state index contributed by atoms with van der Waals surface area (Å²) in [6.45, 7) is 2.65. The molecule has 21 heavy (non-hydrogen) atoms. The molecular formula is C14H17N5OS. The highest BCUT2D eigenvalue weighted by atomic mass is 32.1. The van der Waals surface area contributed by atoms with Gasteiger partial charge in [-0.25, -0.2) is 9.97 Å². The molecule has 0 radical (unpaired) electrons. The van der Waals surface area contributed by atoms with Crippen molar-refractivity contribution < 1.29 is 4.79 Å². The van der Waals surface area contributed by atoms with Crippen LogP contribution in [0.1, 0.15) is 23.3 Å². The third-order valence-corrected chi connectivity index (χ3v) is 4.39. The molecule has 2 aromatic heterocycles. The Morgan fingerprint density at radius 3 is 3.10 bits per heavy atom. The maximum Gasteiger partial charge on any atom is 0.271 e. The fourth-order valence-electron chi connectivity index (χ4n) is 2.52. The van der Waals surface area contributed by atoms with Crippen molar-refractivity contribution in [1.29, 1.82) is 0 Å². The molecule has 1 N–H and O–H groups in total. The highest BCUT2D eigenvalue weighted by molar-refractivity contribution is 7.13. The van der Waals surface area contributed by atoms with Crippen molar-refractivity contribution >= 4 is 22.4 Å². The van der Waals surface area contributed by atoms with Crippen LogP contribution in [0.2, 0.25) is 0 Å². The van der Waals surface area contributed by atoms with Gasteiger partial charge >= 0.3 is 0 Å². The lowest BCUT2D eigenvalue weighted by molar-refractivity contribution is 0.0940. The van der Waals surface area contributed by atoms with E-state index in [0.717, 1.165) is 31.1 Å². The van der Waals surface area contributed by atoms with E-state index in [1.807, 2.05) is 11.6 Å². The Morgan fingerprint density at radius 2 is 2.33 bits per heavy atom. The predicted octanol–water partition coefficient (Wildman–Crippen LogP) is 1.58.